The first kappa shape index (κ1) is 17.4. The monoisotopic (exact) mass is 344 g/mol. The molecule has 0 saturated carbocycles. The lowest BCUT2D eigenvalue weighted by molar-refractivity contribution is -0.144. The fourth-order valence-electron chi connectivity index (χ4n) is 3.47. The lowest BCUT2D eigenvalue weighted by Crippen LogP contribution is -2.49. The van der Waals surface area contributed by atoms with Crippen molar-refractivity contribution in [2.75, 3.05) is 6.54 Å². The van der Waals surface area contributed by atoms with Gasteiger partial charge in [-0.25, -0.2) is 14.5 Å². The third-order valence-corrected chi connectivity index (χ3v) is 4.82. The number of piperidine rings is 1. The molecule has 2 aromatic rings. The normalized spacial score (nSPS) is 21.1. The van der Waals surface area contributed by atoms with Gasteiger partial charge in [-0.2, -0.15) is 5.10 Å². The number of likely N-dealkylation sites (tertiary alicyclic amines) is 1. The maximum atomic E-state index is 13.2. The summed E-state index contributed by atoms with van der Waals surface area (Å²) in [6.45, 7) is 8.33. The van der Waals surface area contributed by atoms with Gasteiger partial charge in [0.05, 0.1) is 17.1 Å². The van der Waals surface area contributed by atoms with Crippen molar-refractivity contribution in [2.45, 2.75) is 52.6 Å². The minimum Gasteiger partial charge on any atom is -0.480 e. The standard InChI is InChI=1S/C18H24N4O3/c1-10(2)22-16-14(9-19-22)13(8-12(4)20-16)17(23)21-6-5-11(3)7-15(21)18(24)25/h8-11,15H,5-7H2,1-4H3,(H,24,25). The lowest BCUT2D eigenvalue weighted by Gasteiger charge is -2.36. The molecule has 7 nitrogen and oxygen atoms in total. The van der Waals surface area contributed by atoms with Crippen LogP contribution in [-0.4, -0.2) is 49.2 Å². The zero-order chi connectivity index (χ0) is 18.3. The molecule has 1 fully saturated rings. The fourth-order valence-corrected chi connectivity index (χ4v) is 3.47. The second-order valence-corrected chi connectivity index (χ2v) is 7.21. The third kappa shape index (κ3) is 3.10. The molecule has 1 saturated heterocycles. The number of aryl methyl sites for hydroxylation is 1. The summed E-state index contributed by atoms with van der Waals surface area (Å²) in [5, 5.41) is 14.6. The van der Waals surface area contributed by atoms with Crippen LogP contribution in [0.25, 0.3) is 11.0 Å². The van der Waals surface area contributed by atoms with Crippen LogP contribution in [0.15, 0.2) is 12.3 Å². The number of aliphatic carboxylic acids is 1. The lowest BCUT2D eigenvalue weighted by atomic mass is 9.91. The van der Waals surface area contributed by atoms with Crippen molar-refractivity contribution in [1.29, 1.82) is 0 Å². The summed E-state index contributed by atoms with van der Waals surface area (Å²) < 4.78 is 1.78. The number of rotatable bonds is 3. The number of hydrogen-bond acceptors (Lipinski definition) is 4. The number of fused-ring (bicyclic) bond motifs is 1. The predicted octanol–water partition coefficient (Wildman–Crippen LogP) is 2.65. The molecule has 0 aliphatic carbocycles. The van der Waals surface area contributed by atoms with Crippen molar-refractivity contribution in [3.05, 3.63) is 23.5 Å². The molecule has 134 valence electrons. The number of carboxylic acid groups (broad SMARTS) is 1. The summed E-state index contributed by atoms with van der Waals surface area (Å²) in [5.41, 5.74) is 1.86. The SMILES string of the molecule is Cc1cc(C(=O)N2CCC(C)CC2C(=O)O)c2cnn(C(C)C)c2n1. The van der Waals surface area contributed by atoms with Crippen LogP contribution in [0.5, 0.6) is 0 Å². The van der Waals surface area contributed by atoms with Gasteiger partial charge in [0.25, 0.3) is 5.91 Å². The van der Waals surface area contributed by atoms with Crippen LogP contribution in [0.3, 0.4) is 0 Å². The van der Waals surface area contributed by atoms with Crippen LogP contribution in [0.1, 0.15) is 55.7 Å². The van der Waals surface area contributed by atoms with E-state index in [1.807, 2.05) is 27.7 Å². The van der Waals surface area contributed by atoms with Crippen molar-refractivity contribution >= 4 is 22.9 Å². The Kier molecular flexibility index (Phi) is 4.49. The second kappa shape index (κ2) is 6.46. The maximum absolute atomic E-state index is 13.2. The first-order valence-electron chi connectivity index (χ1n) is 8.68. The van der Waals surface area contributed by atoms with Gasteiger partial charge in [0.1, 0.15) is 6.04 Å². The van der Waals surface area contributed by atoms with E-state index in [9.17, 15) is 14.7 Å². The van der Waals surface area contributed by atoms with Crippen LogP contribution in [0, 0.1) is 12.8 Å². The van der Waals surface area contributed by atoms with Gasteiger partial charge in [-0.15, -0.1) is 0 Å². The molecule has 7 heteroatoms. The number of carbonyl (C=O) groups excluding carboxylic acids is 1. The Morgan fingerprint density at radius 1 is 1.36 bits per heavy atom. The van der Waals surface area contributed by atoms with Gasteiger partial charge in [-0.3, -0.25) is 4.79 Å². The number of pyridine rings is 1. The summed E-state index contributed by atoms with van der Waals surface area (Å²) in [5.74, 6) is -0.897. The number of amides is 1. The van der Waals surface area contributed by atoms with Crippen molar-refractivity contribution in [3.63, 3.8) is 0 Å². The first-order valence-corrected chi connectivity index (χ1v) is 8.68. The third-order valence-electron chi connectivity index (χ3n) is 4.82. The summed E-state index contributed by atoms with van der Waals surface area (Å²) in [6, 6.07) is 1.07. The molecular weight excluding hydrogens is 320 g/mol. The molecule has 0 radical (unpaired) electrons. The minimum atomic E-state index is -0.945. The molecule has 2 atom stereocenters. The first-order chi connectivity index (χ1) is 11.8. The van der Waals surface area contributed by atoms with Crippen LogP contribution in [0.2, 0.25) is 0 Å². The van der Waals surface area contributed by atoms with Crippen molar-refractivity contribution in [1.82, 2.24) is 19.7 Å². The van der Waals surface area contributed by atoms with Gasteiger partial charge in [0.2, 0.25) is 0 Å². The van der Waals surface area contributed by atoms with E-state index < -0.39 is 12.0 Å². The average molecular weight is 344 g/mol. The molecule has 0 spiro atoms. The van der Waals surface area contributed by atoms with Crippen LogP contribution >= 0.6 is 0 Å². The molecule has 3 rings (SSSR count). The topological polar surface area (TPSA) is 88.3 Å². The number of aromatic nitrogens is 3. The quantitative estimate of drug-likeness (QED) is 0.925. The van der Waals surface area contributed by atoms with Gasteiger partial charge >= 0.3 is 5.97 Å². The van der Waals surface area contributed by atoms with E-state index in [0.29, 0.717) is 35.5 Å². The highest BCUT2D eigenvalue weighted by Crippen LogP contribution is 2.27. The van der Waals surface area contributed by atoms with E-state index in [4.69, 9.17) is 0 Å². The van der Waals surface area contributed by atoms with Crippen molar-refractivity contribution in [3.8, 4) is 0 Å². The second-order valence-electron chi connectivity index (χ2n) is 7.21. The predicted molar refractivity (Wildman–Crippen MR) is 93.5 cm³/mol. The fraction of sp³-hybridized carbons (Fsp3) is 0.556. The summed E-state index contributed by atoms with van der Waals surface area (Å²) in [6.07, 6.45) is 2.95. The highest BCUT2D eigenvalue weighted by Gasteiger charge is 2.36. The minimum absolute atomic E-state index is 0.123. The molecule has 25 heavy (non-hydrogen) atoms. The van der Waals surface area contributed by atoms with Crippen LogP contribution in [0.4, 0.5) is 0 Å². The van der Waals surface area contributed by atoms with Gasteiger partial charge in [0.15, 0.2) is 5.65 Å². The molecule has 0 bridgehead atoms. The molecule has 1 N–H and O–H groups in total. The Balaban J connectivity index is 2.06. The zero-order valence-electron chi connectivity index (χ0n) is 15.1. The Morgan fingerprint density at radius 3 is 2.72 bits per heavy atom. The number of nitrogens with zero attached hydrogens (tertiary/aromatic N) is 4. The molecule has 1 aliphatic heterocycles. The van der Waals surface area contributed by atoms with Crippen LogP contribution in [-0.2, 0) is 4.79 Å². The zero-order valence-corrected chi connectivity index (χ0v) is 15.1. The van der Waals surface area contributed by atoms with E-state index in [1.54, 1.807) is 16.9 Å². The van der Waals surface area contributed by atoms with Gasteiger partial charge in [-0.1, -0.05) is 6.92 Å². The largest absolute Gasteiger partial charge is 0.480 e. The highest BCUT2D eigenvalue weighted by molar-refractivity contribution is 6.06. The summed E-state index contributed by atoms with van der Waals surface area (Å²) >= 11 is 0. The van der Waals surface area contributed by atoms with E-state index >= 15 is 0 Å². The highest BCUT2D eigenvalue weighted by atomic mass is 16.4. The Bertz CT molecular complexity index is 827. The van der Waals surface area contributed by atoms with Gasteiger partial charge in [0, 0.05) is 18.3 Å². The molecule has 1 aliphatic rings. The molecule has 1 amide bonds. The molecule has 3 heterocycles. The van der Waals surface area contributed by atoms with Crippen molar-refractivity contribution < 1.29 is 14.7 Å². The number of carboxylic acids is 1. The van der Waals surface area contributed by atoms with Gasteiger partial charge < -0.3 is 10.0 Å². The Morgan fingerprint density at radius 2 is 2.08 bits per heavy atom. The number of hydrogen-bond donors (Lipinski definition) is 1. The molecule has 0 aromatic carbocycles. The van der Waals surface area contributed by atoms with Crippen molar-refractivity contribution in [2.24, 2.45) is 5.92 Å². The smallest absolute Gasteiger partial charge is 0.326 e. The maximum Gasteiger partial charge on any atom is 0.326 e. The van der Waals surface area contributed by atoms with E-state index in [2.05, 4.69) is 10.1 Å². The van der Waals surface area contributed by atoms with Crippen LogP contribution < -0.4 is 0 Å². The van der Waals surface area contributed by atoms with E-state index in [-0.39, 0.29) is 11.9 Å². The van der Waals surface area contributed by atoms with E-state index in [0.717, 1.165) is 12.1 Å². The average Bonchev–Trinajstić information content (AvgIpc) is 2.97. The Labute approximate surface area is 146 Å². The van der Waals surface area contributed by atoms with Gasteiger partial charge in [-0.05, 0) is 45.6 Å². The number of carbonyl (C=O) groups is 2. The molecule has 2 aromatic heterocycles. The molecule has 2 unspecified atom stereocenters. The van der Waals surface area contributed by atoms with E-state index in [1.165, 1.54) is 4.90 Å². The summed E-state index contributed by atoms with van der Waals surface area (Å²) in [7, 11) is 0. The summed E-state index contributed by atoms with van der Waals surface area (Å²) in [4.78, 5) is 30.8. The Hall–Kier alpha value is -2.44. The molecular formula is C18H24N4O3.